The van der Waals surface area contributed by atoms with Crippen LogP contribution >= 0.6 is 0 Å². The van der Waals surface area contributed by atoms with E-state index in [1.165, 1.54) is 6.92 Å². The molecule has 0 aliphatic rings. The van der Waals surface area contributed by atoms with Gasteiger partial charge in [0.2, 0.25) is 5.95 Å². The van der Waals surface area contributed by atoms with Crippen LogP contribution in [0.4, 0.5) is 26.3 Å². The molecular formula is C11H9F6NO2. The van der Waals surface area contributed by atoms with E-state index in [0.29, 0.717) is 0 Å². The molecule has 20 heavy (non-hydrogen) atoms. The lowest BCUT2D eigenvalue weighted by atomic mass is 10.0. The van der Waals surface area contributed by atoms with Gasteiger partial charge >= 0.3 is 12.1 Å². The first-order valence-electron chi connectivity index (χ1n) is 5.36. The normalized spacial score (nSPS) is 11.8. The van der Waals surface area contributed by atoms with Crippen LogP contribution in [0.15, 0.2) is 6.20 Å². The molecule has 0 N–H and O–H groups in total. The lowest BCUT2D eigenvalue weighted by molar-refractivity contribution is -0.143. The molecule has 0 atom stereocenters. The molecule has 0 amide bonds. The Labute approximate surface area is 109 Å². The van der Waals surface area contributed by atoms with Crippen LogP contribution < -0.4 is 0 Å². The summed E-state index contributed by atoms with van der Waals surface area (Å²) in [7, 11) is 0. The predicted octanol–water partition coefficient (Wildman–Crippen LogP) is 3.28. The minimum absolute atomic E-state index is 0.0791. The van der Waals surface area contributed by atoms with Crippen molar-refractivity contribution in [3.05, 3.63) is 28.8 Å². The Hall–Kier alpha value is -1.80. The second kappa shape index (κ2) is 6.10. The molecule has 3 nitrogen and oxygen atoms in total. The highest BCUT2D eigenvalue weighted by atomic mass is 19.4. The topological polar surface area (TPSA) is 39.2 Å². The number of pyridine rings is 1. The van der Waals surface area contributed by atoms with Gasteiger partial charge in [0.05, 0.1) is 24.2 Å². The average Bonchev–Trinajstić information content (AvgIpc) is 2.26. The zero-order valence-electron chi connectivity index (χ0n) is 10.1. The van der Waals surface area contributed by atoms with Crippen LogP contribution in [0.5, 0.6) is 0 Å². The number of carbonyl (C=O) groups is 1. The highest BCUT2D eigenvalue weighted by Gasteiger charge is 2.38. The van der Waals surface area contributed by atoms with E-state index < -0.39 is 47.6 Å². The summed E-state index contributed by atoms with van der Waals surface area (Å²) in [5.74, 6) is -2.90. The molecule has 1 aromatic rings. The SMILES string of the molecule is CCOC(=O)Cc1c(C(F)(F)F)cnc(F)c1C(F)F. The maximum absolute atomic E-state index is 13.2. The van der Waals surface area contributed by atoms with Crippen molar-refractivity contribution < 1.29 is 35.9 Å². The van der Waals surface area contributed by atoms with Crippen molar-refractivity contribution in [1.29, 1.82) is 0 Å². The molecule has 0 bridgehead atoms. The van der Waals surface area contributed by atoms with Crippen LogP contribution in [0.1, 0.15) is 30.0 Å². The number of alkyl halides is 5. The first kappa shape index (κ1) is 16.3. The Morgan fingerprint density at radius 2 is 2.00 bits per heavy atom. The number of halogens is 6. The number of carbonyl (C=O) groups excluding carboxylic acids is 1. The zero-order chi connectivity index (χ0) is 15.5. The lowest BCUT2D eigenvalue weighted by Crippen LogP contribution is -2.18. The summed E-state index contributed by atoms with van der Waals surface area (Å²) < 4.78 is 81.1. The summed E-state index contributed by atoms with van der Waals surface area (Å²) in [6.07, 6.45) is -9.60. The molecule has 0 aromatic carbocycles. The van der Waals surface area contributed by atoms with Crippen molar-refractivity contribution in [2.75, 3.05) is 6.61 Å². The van der Waals surface area contributed by atoms with Crippen LogP contribution in [0.2, 0.25) is 0 Å². The minimum Gasteiger partial charge on any atom is -0.466 e. The molecule has 1 aromatic heterocycles. The Kier molecular flexibility index (Phi) is 4.96. The fourth-order valence-electron chi connectivity index (χ4n) is 1.55. The van der Waals surface area contributed by atoms with E-state index in [1.807, 2.05) is 0 Å². The molecule has 9 heteroatoms. The van der Waals surface area contributed by atoms with Gasteiger partial charge in [-0.05, 0) is 12.5 Å². The molecule has 0 aliphatic carbocycles. The minimum atomic E-state index is -5.04. The number of hydrogen-bond donors (Lipinski definition) is 0. The molecule has 0 fully saturated rings. The summed E-state index contributed by atoms with van der Waals surface area (Å²) in [5, 5.41) is 0. The number of ether oxygens (including phenoxy) is 1. The molecule has 0 saturated heterocycles. The fraction of sp³-hybridized carbons (Fsp3) is 0.455. The maximum atomic E-state index is 13.2. The third-order valence-corrected chi connectivity index (χ3v) is 2.33. The summed E-state index contributed by atoms with van der Waals surface area (Å²) in [6.45, 7) is 1.25. The smallest absolute Gasteiger partial charge is 0.418 e. The van der Waals surface area contributed by atoms with Gasteiger partial charge in [-0.25, -0.2) is 13.8 Å². The first-order valence-corrected chi connectivity index (χ1v) is 5.36. The highest BCUT2D eigenvalue weighted by molar-refractivity contribution is 5.73. The summed E-state index contributed by atoms with van der Waals surface area (Å²) in [4.78, 5) is 13.9. The molecule has 0 radical (unpaired) electrons. The number of esters is 1. The van der Waals surface area contributed by atoms with E-state index in [-0.39, 0.29) is 12.8 Å². The van der Waals surface area contributed by atoms with E-state index >= 15 is 0 Å². The van der Waals surface area contributed by atoms with Gasteiger partial charge in [-0.15, -0.1) is 0 Å². The van der Waals surface area contributed by atoms with Crippen LogP contribution in [0.25, 0.3) is 0 Å². The van der Waals surface area contributed by atoms with Gasteiger partial charge in [-0.3, -0.25) is 4.79 Å². The van der Waals surface area contributed by atoms with Gasteiger partial charge in [-0.2, -0.15) is 17.6 Å². The van der Waals surface area contributed by atoms with Crippen molar-refractivity contribution in [3.8, 4) is 0 Å². The van der Waals surface area contributed by atoms with E-state index in [9.17, 15) is 31.1 Å². The summed E-state index contributed by atoms with van der Waals surface area (Å²) >= 11 is 0. The van der Waals surface area contributed by atoms with Crippen molar-refractivity contribution in [1.82, 2.24) is 4.98 Å². The summed E-state index contributed by atoms with van der Waals surface area (Å²) in [5.41, 5.74) is -4.27. The Balaban J connectivity index is 3.40. The molecule has 0 spiro atoms. The molecule has 112 valence electrons. The van der Waals surface area contributed by atoms with Crippen molar-refractivity contribution in [2.45, 2.75) is 25.9 Å². The molecule has 1 heterocycles. The van der Waals surface area contributed by atoms with Crippen molar-refractivity contribution >= 4 is 5.97 Å². The number of nitrogens with zero attached hydrogens (tertiary/aromatic N) is 1. The van der Waals surface area contributed by atoms with E-state index in [4.69, 9.17) is 0 Å². The number of aromatic nitrogens is 1. The number of rotatable bonds is 4. The van der Waals surface area contributed by atoms with Gasteiger partial charge in [-0.1, -0.05) is 0 Å². The zero-order valence-corrected chi connectivity index (χ0v) is 10.1. The standard InChI is InChI=1S/C11H9F6NO2/c1-2-20-7(19)3-5-6(11(15,16)17)4-18-10(14)8(5)9(12)13/h4,9H,2-3H2,1H3. The quantitative estimate of drug-likeness (QED) is 0.487. The lowest BCUT2D eigenvalue weighted by Gasteiger charge is -2.16. The largest absolute Gasteiger partial charge is 0.466 e. The van der Waals surface area contributed by atoms with Crippen LogP contribution in [0, 0.1) is 5.95 Å². The fourth-order valence-corrected chi connectivity index (χ4v) is 1.55. The molecular weight excluding hydrogens is 292 g/mol. The van der Waals surface area contributed by atoms with E-state index in [0.717, 1.165) is 0 Å². The van der Waals surface area contributed by atoms with Crippen LogP contribution in [-0.4, -0.2) is 17.6 Å². The molecule has 0 saturated carbocycles. The second-order valence-electron chi connectivity index (χ2n) is 3.64. The Morgan fingerprint density at radius 1 is 1.40 bits per heavy atom. The second-order valence-corrected chi connectivity index (χ2v) is 3.64. The van der Waals surface area contributed by atoms with Crippen molar-refractivity contribution in [3.63, 3.8) is 0 Å². The molecule has 0 unspecified atom stereocenters. The van der Waals surface area contributed by atoms with Gasteiger partial charge in [0, 0.05) is 6.20 Å². The number of hydrogen-bond acceptors (Lipinski definition) is 3. The Bertz CT molecular complexity index is 500. The monoisotopic (exact) mass is 301 g/mol. The van der Waals surface area contributed by atoms with Gasteiger partial charge in [0.1, 0.15) is 0 Å². The summed E-state index contributed by atoms with van der Waals surface area (Å²) in [6, 6.07) is 0. The van der Waals surface area contributed by atoms with Crippen LogP contribution in [-0.2, 0) is 22.1 Å². The Morgan fingerprint density at radius 3 is 2.45 bits per heavy atom. The molecule has 0 aliphatic heterocycles. The van der Waals surface area contributed by atoms with Gasteiger partial charge in [0.15, 0.2) is 0 Å². The van der Waals surface area contributed by atoms with Crippen LogP contribution in [0.3, 0.4) is 0 Å². The average molecular weight is 301 g/mol. The van der Waals surface area contributed by atoms with Gasteiger partial charge < -0.3 is 4.74 Å². The van der Waals surface area contributed by atoms with E-state index in [1.54, 1.807) is 0 Å². The first-order chi connectivity index (χ1) is 9.18. The third kappa shape index (κ3) is 3.61. The van der Waals surface area contributed by atoms with Crippen molar-refractivity contribution in [2.24, 2.45) is 0 Å². The van der Waals surface area contributed by atoms with Gasteiger partial charge in [0.25, 0.3) is 6.43 Å². The van der Waals surface area contributed by atoms with E-state index in [2.05, 4.69) is 9.72 Å². The highest BCUT2D eigenvalue weighted by Crippen LogP contribution is 2.36. The predicted molar refractivity (Wildman–Crippen MR) is 54.5 cm³/mol. The maximum Gasteiger partial charge on any atom is 0.418 e. The third-order valence-electron chi connectivity index (χ3n) is 2.33. The molecule has 1 rings (SSSR count).